The van der Waals surface area contributed by atoms with Gasteiger partial charge in [0.25, 0.3) is 11.1 Å². The number of hydrogen-bond acceptors (Lipinski definition) is 7. The summed E-state index contributed by atoms with van der Waals surface area (Å²) in [4.78, 5) is 8.28. The topological polar surface area (TPSA) is 117 Å². The van der Waals surface area contributed by atoms with Gasteiger partial charge in [-0.3, -0.25) is 0 Å². The fourth-order valence-corrected chi connectivity index (χ4v) is 3.30. The molecule has 170 valence electrons. The molecule has 2 aromatic carbocycles. The second-order valence-corrected chi connectivity index (χ2v) is 7.17. The average molecular weight is 477 g/mol. The van der Waals surface area contributed by atoms with E-state index in [1.54, 1.807) is 0 Å². The first-order valence-corrected chi connectivity index (χ1v) is 9.68. The number of rotatable bonds is 4. The van der Waals surface area contributed by atoms with Gasteiger partial charge < -0.3 is 21.5 Å². The third kappa shape index (κ3) is 4.09. The lowest BCUT2D eigenvalue weighted by Gasteiger charge is -2.12. The van der Waals surface area contributed by atoms with Gasteiger partial charge in [0.15, 0.2) is 23.3 Å². The first-order chi connectivity index (χ1) is 15.7. The number of methoxy groups -OCH3 is 1. The molecule has 2 aromatic heterocycles. The van der Waals surface area contributed by atoms with Crippen molar-refractivity contribution < 1.29 is 22.3 Å². The Labute approximate surface area is 189 Å². The lowest BCUT2D eigenvalue weighted by molar-refractivity contribution is 0.413. The third-order valence-corrected chi connectivity index (χ3v) is 5.03. The molecule has 0 bridgehead atoms. The Morgan fingerprint density at radius 2 is 1.73 bits per heavy atom. The molecule has 0 spiro atoms. The molecule has 0 saturated carbocycles. The Morgan fingerprint density at radius 1 is 1.06 bits per heavy atom. The summed E-state index contributed by atoms with van der Waals surface area (Å²) < 4.78 is 62.1. The Morgan fingerprint density at radius 3 is 2.39 bits per heavy atom. The van der Waals surface area contributed by atoms with Crippen LogP contribution in [0.4, 0.5) is 34.9 Å². The summed E-state index contributed by atoms with van der Waals surface area (Å²) in [5.74, 6) is -4.44. The Hall–Kier alpha value is -4.00. The van der Waals surface area contributed by atoms with Crippen molar-refractivity contribution in [1.29, 1.82) is 0 Å². The number of anilines is 3. The SMILES string of the molecule is COC(=S)Nc1c(N)nc(-n2nc(Cc3c(F)ccc(F)c3F)c3cc(F)ccc32)nc1N. The van der Waals surface area contributed by atoms with E-state index < -0.39 is 35.3 Å². The largest absolute Gasteiger partial charge is 0.474 e. The average Bonchev–Trinajstić information content (AvgIpc) is 3.13. The van der Waals surface area contributed by atoms with Crippen molar-refractivity contribution in [1.82, 2.24) is 19.7 Å². The van der Waals surface area contributed by atoms with Crippen molar-refractivity contribution in [2.45, 2.75) is 6.42 Å². The van der Waals surface area contributed by atoms with Crippen LogP contribution in [0.3, 0.4) is 0 Å². The summed E-state index contributed by atoms with van der Waals surface area (Å²) in [6, 6.07) is 5.14. The van der Waals surface area contributed by atoms with E-state index >= 15 is 0 Å². The van der Waals surface area contributed by atoms with Crippen molar-refractivity contribution in [3.63, 3.8) is 0 Å². The number of nitrogens with one attached hydrogen (secondary N) is 1. The molecular weight excluding hydrogens is 462 g/mol. The number of nitrogen functional groups attached to an aromatic ring is 2. The zero-order valence-electron chi connectivity index (χ0n) is 16.9. The van der Waals surface area contributed by atoms with Crippen LogP contribution in [0.2, 0.25) is 0 Å². The number of nitrogens with zero attached hydrogens (tertiary/aromatic N) is 4. The van der Waals surface area contributed by atoms with Crippen LogP contribution in [0.25, 0.3) is 16.9 Å². The smallest absolute Gasteiger partial charge is 0.261 e. The highest BCUT2D eigenvalue weighted by molar-refractivity contribution is 7.80. The van der Waals surface area contributed by atoms with Crippen LogP contribution in [0.15, 0.2) is 30.3 Å². The van der Waals surface area contributed by atoms with Crippen molar-refractivity contribution in [2.75, 3.05) is 23.9 Å². The Bertz CT molecular complexity index is 1390. The number of ether oxygens (including phenoxy) is 1. The molecule has 33 heavy (non-hydrogen) atoms. The highest BCUT2D eigenvalue weighted by atomic mass is 32.1. The van der Waals surface area contributed by atoms with Gasteiger partial charge in [-0.1, -0.05) is 0 Å². The van der Waals surface area contributed by atoms with Crippen LogP contribution < -0.4 is 16.8 Å². The van der Waals surface area contributed by atoms with E-state index in [-0.39, 0.29) is 39.5 Å². The molecule has 13 heteroatoms. The highest BCUT2D eigenvalue weighted by Crippen LogP contribution is 2.29. The van der Waals surface area contributed by atoms with E-state index in [0.29, 0.717) is 11.6 Å². The zero-order chi connectivity index (χ0) is 23.9. The summed E-state index contributed by atoms with van der Waals surface area (Å²) in [6.45, 7) is 0. The van der Waals surface area contributed by atoms with E-state index in [2.05, 4.69) is 20.4 Å². The van der Waals surface area contributed by atoms with Gasteiger partial charge in [-0.15, -0.1) is 0 Å². The van der Waals surface area contributed by atoms with E-state index in [0.717, 1.165) is 18.2 Å². The maximum absolute atomic E-state index is 14.2. The second kappa shape index (κ2) is 8.50. The lowest BCUT2D eigenvalue weighted by atomic mass is 10.1. The van der Waals surface area contributed by atoms with E-state index in [1.807, 2.05) is 0 Å². The second-order valence-electron chi connectivity index (χ2n) is 6.80. The number of fused-ring (bicyclic) bond motifs is 1. The molecule has 4 rings (SSSR count). The van der Waals surface area contributed by atoms with Gasteiger partial charge in [-0.05, 0) is 42.5 Å². The standard InChI is InChI=1S/C20H15F4N7OS/c1-32-20(33)27-16-17(25)28-19(29-18(16)26)31-14-5-2-8(21)6-10(14)13(30-31)7-9-11(22)3-4-12(23)15(9)24/h2-6H,7H2,1H3,(H,27,33)(H4,25,26,28,29). The van der Waals surface area contributed by atoms with Crippen molar-refractivity contribution in [2.24, 2.45) is 0 Å². The third-order valence-electron chi connectivity index (χ3n) is 4.76. The summed E-state index contributed by atoms with van der Waals surface area (Å²) in [6.07, 6.45) is -0.463. The maximum atomic E-state index is 14.2. The van der Waals surface area contributed by atoms with Crippen LogP contribution in [0, 0.1) is 23.3 Å². The van der Waals surface area contributed by atoms with Crippen molar-refractivity contribution in [3.8, 4) is 5.95 Å². The van der Waals surface area contributed by atoms with Gasteiger partial charge in [0.1, 0.15) is 17.3 Å². The molecule has 0 atom stereocenters. The number of hydrogen-bond donors (Lipinski definition) is 3. The van der Waals surface area contributed by atoms with E-state index in [9.17, 15) is 17.6 Å². The molecule has 0 amide bonds. The van der Waals surface area contributed by atoms with Crippen LogP contribution in [-0.2, 0) is 11.2 Å². The number of thiocarbonyl (C=S) groups is 1. The van der Waals surface area contributed by atoms with Gasteiger partial charge >= 0.3 is 0 Å². The monoisotopic (exact) mass is 477 g/mol. The molecule has 4 aromatic rings. The maximum Gasteiger partial charge on any atom is 0.261 e. The molecule has 0 aliphatic heterocycles. The molecule has 0 unspecified atom stereocenters. The summed E-state index contributed by atoms with van der Waals surface area (Å²) >= 11 is 4.91. The normalized spacial score (nSPS) is 11.1. The van der Waals surface area contributed by atoms with Crippen LogP contribution >= 0.6 is 12.2 Å². The van der Waals surface area contributed by atoms with E-state index in [4.69, 9.17) is 28.4 Å². The van der Waals surface area contributed by atoms with Crippen molar-refractivity contribution in [3.05, 3.63) is 64.9 Å². The van der Waals surface area contributed by atoms with Gasteiger partial charge in [0.05, 0.1) is 18.3 Å². The van der Waals surface area contributed by atoms with Gasteiger partial charge in [-0.25, -0.2) is 17.6 Å². The fourth-order valence-electron chi connectivity index (χ4n) is 3.19. The van der Waals surface area contributed by atoms with Gasteiger partial charge in [-0.2, -0.15) is 19.7 Å². The first-order valence-electron chi connectivity index (χ1n) is 9.27. The first kappa shape index (κ1) is 22.2. The summed E-state index contributed by atoms with van der Waals surface area (Å²) in [5, 5.41) is 7.12. The quantitative estimate of drug-likeness (QED) is 0.232. The highest BCUT2D eigenvalue weighted by Gasteiger charge is 2.21. The minimum absolute atomic E-state index is 0.0220. The molecule has 2 heterocycles. The van der Waals surface area contributed by atoms with E-state index in [1.165, 1.54) is 17.9 Å². The molecule has 0 saturated heterocycles. The number of benzene rings is 2. The molecular formula is C20H15F4N7OS. The minimum Gasteiger partial charge on any atom is -0.474 e. The molecule has 8 nitrogen and oxygen atoms in total. The Balaban J connectivity index is 1.86. The number of halogens is 4. The van der Waals surface area contributed by atoms with Crippen LogP contribution in [-0.4, -0.2) is 32.0 Å². The Kier molecular flexibility index (Phi) is 5.72. The van der Waals surface area contributed by atoms with Crippen LogP contribution in [0.5, 0.6) is 0 Å². The molecule has 0 aliphatic rings. The summed E-state index contributed by atoms with van der Waals surface area (Å²) in [7, 11) is 1.34. The molecule has 5 N–H and O–H groups in total. The fraction of sp³-hybridized carbons (Fsp3) is 0.100. The van der Waals surface area contributed by atoms with Gasteiger partial charge in [0.2, 0.25) is 0 Å². The zero-order valence-corrected chi connectivity index (χ0v) is 17.7. The predicted octanol–water partition coefficient (Wildman–Crippen LogP) is 3.47. The molecule has 0 fully saturated rings. The number of aromatic nitrogens is 4. The van der Waals surface area contributed by atoms with Crippen molar-refractivity contribution >= 4 is 45.6 Å². The van der Waals surface area contributed by atoms with Crippen LogP contribution in [0.1, 0.15) is 11.3 Å². The summed E-state index contributed by atoms with van der Waals surface area (Å²) in [5.41, 5.74) is 11.8. The van der Waals surface area contributed by atoms with Gasteiger partial charge in [0, 0.05) is 17.4 Å². The lowest BCUT2D eigenvalue weighted by Crippen LogP contribution is -2.17. The molecule has 0 aliphatic carbocycles. The minimum atomic E-state index is -1.36. The number of nitrogens with two attached hydrogens (primary N) is 2. The molecule has 0 radical (unpaired) electrons. The predicted molar refractivity (Wildman–Crippen MR) is 118 cm³/mol.